The minimum Gasteiger partial charge on any atom is -0.427 e. The molecule has 1 aromatic rings. The Morgan fingerprint density at radius 3 is 1.56 bits per heavy atom. The zero-order valence-electron chi connectivity index (χ0n) is 25.1. The van der Waals surface area contributed by atoms with Gasteiger partial charge in [0.15, 0.2) is 5.78 Å². The number of unbranched alkanes of at least 4 members (excludes halogenated alkanes) is 1. The summed E-state index contributed by atoms with van der Waals surface area (Å²) in [5.41, 5.74) is 1.48. The summed E-state index contributed by atoms with van der Waals surface area (Å²) in [6.45, 7) is 16.1. The van der Waals surface area contributed by atoms with Gasteiger partial charge < -0.3 is 31.3 Å². The first kappa shape index (κ1) is 35.6. The third-order valence-electron chi connectivity index (χ3n) is 5.89. The van der Waals surface area contributed by atoms with E-state index in [1.807, 2.05) is 41.5 Å². The van der Waals surface area contributed by atoms with Crippen LogP contribution in [0.2, 0.25) is 12.1 Å². The van der Waals surface area contributed by atoms with Crippen molar-refractivity contribution in [3.63, 3.8) is 0 Å². The lowest BCUT2D eigenvalue weighted by molar-refractivity contribution is -0.131. The van der Waals surface area contributed by atoms with E-state index in [4.69, 9.17) is 31.3 Å². The first-order valence-corrected chi connectivity index (χ1v) is 18.3. The molecule has 0 aromatic heterocycles. The Kier molecular flexibility index (Phi) is 17.9. The van der Waals surface area contributed by atoms with Gasteiger partial charge in [-0.3, -0.25) is 9.59 Å². The summed E-state index contributed by atoms with van der Waals surface area (Å²) in [6.07, 6.45) is 3.17. The monoisotopic (exact) mass is 586 g/mol. The van der Waals surface area contributed by atoms with Crippen molar-refractivity contribution in [2.75, 3.05) is 39.6 Å². The van der Waals surface area contributed by atoms with Crippen molar-refractivity contribution in [1.82, 2.24) is 0 Å². The zero-order chi connectivity index (χ0) is 29.2. The first-order chi connectivity index (χ1) is 18.7. The molecular formula is C28H50O9Si2. The van der Waals surface area contributed by atoms with Gasteiger partial charge in [-0.15, -0.1) is 0 Å². The summed E-state index contributed by atoms with van der Waals surface area (Å²) in [6, 6.07) is 6.53. The molecule has 9 nitrogen and oxygen atoms in total. The SMILES string of the molecule is CCO[Si](CCCCC(=O)c1ccc(OC(C)=O)cc1CCC[Si](OCC)(OCC)OCC)(OCC)OCC. The molecule has 0 unspecified atom stereocenters. The van der Waals surface area contributed by atoms with Crippen molar-refractivity contribution in [2.45, 2.75) is 92.7 Å². The Balaban J connectivity index is 2.97. The van der Waals surface area contributed by atoms with Gasteiger partial charge >= 0.3 is 23.6 Å². The molecule has 0 spiro atoms. The summed E-state index contributed by atoms with van der Waals surface area (Å²) in [5, 5.41) is 0. The molecule has 39 heavy (non-hydrogen) atoms. The molecule has 0 aliphatic carbocycles. The topological polar surface area (TPSA) is 98.8 Å². The van der Waals surface area contributed by atoms with Crippen molar-refractivity contribution in [2.24, 2.45) is 0 Å². The van der Waals surface area contributed by atoms with Crippen LogP contribution in [0.3, 0.4) is 0 Å². The number of carbonyl (C=O) groups is 2. The quantitative estimate of drug-likeness (QED) is 0.0503. The Morgan fingerprint density at radius 1 is 0.667 bits per heavy atom. The fourth-order valence-electron chi connectivity index (χ4n) is 4.54. The minimum atomic E-state index is -2.80. The number of benzene rings is 1. The number of hydrogen-bond donors (Lipinski definition) is 0. The largest absolute Gasteiger partial charge is 0.500 e. The van der Waals surface area contributed by atoms with Crippen LogP contribution in [0.5, 0.6) is 5.75 Å². The van der Waals surface area contributed by atoms with Crippen LogP contribution in [0.25, 0.3) is 0 Å². The maximum atomic E-state index is 13.3. The molecule has 0 saturated carbocycles. The normalized spacial score (nSPS) is 12.1. The predicted octanol–water partition coefficient (Wildman–Crippen LogP) is 5.99. The molecular weight excluding hydrogens is 536 g/mol. The number of hydrogen-bond acceptors (Lipinski definition) is 9. The van der Waals surface area contributed by atoms with Crippen LogP contribution in [-0.2, 0) is 37.8 Å². The van der Waals surface area contributed by atoms with Crippen LogP contribution in [0, 0.1) is 0 Å². The van der Waals surface area contributed by atoms with E-state index < -0.39 is 23.6 Å². The lowest BCUT2D eigenvalue weighted by Crippen LogP contribution is -2.46. The van der Waals surface area contributed by atoms with Gasteiger partial charge in [-0.2, -0.15) is 0 Å². The van der Waals surface area contributed by atoms with E-state index in [0.717, 1.165) is 12.0 Å². The number of esters is 1. The van der Waals surface area contributed by atoms with E-state index in [9.17, 15) is 9.59 Å². The second-order valence-electron chi connectivity index (χ2n) is 8.86. The predicted molar refractivity (Wildman–Crippen MR) is 155 cm³/mol. The van der Waals surface area contributed by atoms with E-state index in [-0.39, 0.29) is 5.78 Å². The molecule has 1 aromatic carbocycles. The highest BCUT2D eigenvalue weighted by Gasteiger charge is 2.40. The van der Waals surface area contributed by atoms with Crippen LogP contribution >= 0.6 is 0 Å². The van der Waals surface area contributed by atoms with Crippen molar-refractivity contribution < 1.29 is 40.9 Å². The van der Waals surface area contributed by atoms with Crippen LogP contribution in [-0.4, -0.2) is 69.0 Å². The molecule has 11 heteroatoms. The number of carbonyl (C=O) groups excluding carboxylic acids is 2. The fraction of sp³-hybridized carbons (Fsp3) is 0.714. The van der Waals surface area contributed by atoms with Crippen molar-refractivity contribution in [1.29, 1.82) is 0 Å². The van der Waals surface area contributed by atoms with Gasteiger partial charge in [0, 0.05) is 70.6 Å². The molecule has 0 fully saturated rings. The molecule has 0 bridgehead atoms. The molecule has 0 radical (unpaired) electrons. The van der Waals surface area contributed by atoms with Crippen LogP contribution in [0.1, 0.15) is 90.1 Å². The van der Waals surface area contributed by atoms with E-state index in [0.29, 0.717) is 88.7 Å². The molecule has 224 valence electrons. The summed E-state index contributed by atoms with van der Waals surface area (Å²) in [7, 11) is -5.53. The van der Waals surface area contributed by atoms with Gasteiger partial charge in [0.1, 0.15) is 5.75 Å². The average Bonchev–Trinajstić information content (AvgIpc) is 2.87. The van der Waals surface area contributed by atoms with E-state index in [1.54, 1.807) is 18.2 Å². The van der Waals surface area contributed by atoms with Crippen molar-refractivity contribution in [3.8, 4) is 5.75 Å². The molecule has 1 rings (SSSR count). The highest BCUT2D eigenvalue weighted by molar-refractivity contribution is 6.61. The van der Waals surface area contributed by atoms with E-state index >= 15 is 0 Å². The van der Waals surface area contributed by atoms with Crippen molar-refractivity contribution in [3.05, 3.63) is 29.3 Å². The molecule has 0 aliphatic heterocycles. The summed E-state index contributed by atoms with van der Waals surface area (Å²) < 4.78 is 41.0. The molecule has 0 aliphatic rings. The van der Waals surface area contributed by atoms with Crippen LogP contribution < -0.4 is 4.74 Å². The Hall–Kier alpha value is -1.45. The molecule has 0 amide bonds. The van der Waals surface area contributed by atoms with Gasteiger partial charge in [0.2, 0.25) is 0 Å². The lowest BCUT2D eigenvalue weighted by Gasteiger charge is -2.28. The van der Waals surface area contributed by atoms with Crippen molar-refractivity contribution >= 4 is 29.4 Å². The minimum absolute atomic E-state index is 0.0544. The number of rotatable bonds is 23. The summed E-state index contributed by atoms with van der Waals surface area (Å²) in [4.78, 5) is 24.9. The van der Waals surface area contributed by atoms with E-state index in [1.165, 1.54) is 6.92 Å². The molecule has 0 N–H and O–H groups in total. The van der Waals surface area contributed by atoms with Crippen LogP contribution in [0.4, 0.5) is 0 Å². The number of aryl methyl sites for hydroxylation is 1. The lowest BCUT2D eigenvalue weighted by atomic mass is 9.97. The maximum absolute atomic E-state index is 13.3. The highest BCUT2D eigenvalue weighted by atomic mass is 28.4. The number of Topliss-reactive ketones (excluding diaryl/α,β-unsaturated/α-hetero) is 1. The maximum Gasteiger partial charge on any atom is 0.500 e. The van der Waals surface area contributed by atoms with Gasteiger partial charge in [0.25, 0.3) is 0 Å². The zero-order valence-corrected chi connectivity index (χ0v) is 27.1. The average molecular weight is 587 g/mol. The summed E-state index contributed by atoms with van der Waals surface area (Å²) in [5.74, 6) is 0.0812. The molecule has 0 heterocycles. The van der Waals surface area contributed by atoms with Gasteiger partial charge in [-0.25, -0.2) is 0 Å². The highest BCUT2D eigenvalue weighted by Crippen LogP contribution is 2.26. The van der Waals surface area contributed by atoms with Gasteiger partial charge in [-0.05, 0) is 91.0 Å². The Morgan fingerprint density at radius 2 is 1.13 bits per heavy atom. The fourth-order valence-corrected chi connectivity index (χ4v) is 9.84. The second-order valence-corrected chi connectivity index (χ2v) is 14.3. The smallest absolute Gasteiger partial charge is 0.427 e. The number of ether oxygens (including phenoxy) is 1. The van der Waals surface area contributed by atoms with Crippen LogP contribution in [0.15, 0.2) is 18.2 Å². The summed E-state index contributed by atoms with van der Waals surface area (Å²) >= 11 is 0. The third-order valence-corrected chi connectivity index (χ3v) is 12.2. The first-order valence-electron chi connectivity index (χ1n) is 14.4. The third kappa shape index (κ3) is 12.7. The van der Waals surface area contributed by atoms with E-state index in [2.05, 4.69) is 0 Å². The Labute approximate surface area is 237 Å². The standard InChI is InChI=1S/C28H50O9Si2/c1-8-31-38(32-9-2,33-10-3)21-15-14-18-28(30)27-20-19-26(37-24(7)29)23-25(27)17-16-22-39(34-11-4,35-12-5)36-13-6/h19-20,23H,8-18,21-22H2,1-7H3. The number of ketones is 1. The molecule has 0 atom stereocenters. The Bertz CT molecular complexity index is 816. The van der Waals surface area contributed by atoms with Gasteiger partial charge in [-0.1, -0.05) is 0 Å². The van der Waals surface area contributed by atoms with Gasteiger partial charge in [0.05, 0.1) is 0 Å². The molecule has 0 saturated heterocycles. The second kappa shape index (κ2) is 19.6.